The molecule has 2 heteroatoms. The SMILES string of the molecule is O=C(c1ccccc1)[C@@H]1CCCCN1. The summed E-state index contributed by atoms with van der Waals surface area (Å²) in [6.45, 7) is 0.975. The zero-order valence-electron chi connectivity index (χ0n) is 8.20. The lowest BCUT2D eigenvalue weighted by Crippen LogP contribution is -2.40. The topological polar surface area (TPSA) is 29.1 Å². The van der Waals surface area contributed by atoms with Gasteiger partial charge in [-0.1, -0.05) is 36.8 Å². The van der Waals surface area contributed by atoms with Crippen molar-refractivity contribution < 1.29 is 4.79 Å². The number of nitrogens with one attached hydrogen (secondary N) is 1. The van der Waals surface area contributed by atoms with Gasteiger partial charge >= 0.3 is 0 Å². The summed E-state index contributed by atoms with van der Waals surface area (Å²) in [5, 5.41) is 3.27. The molecule has 14 heavy (non-hydrogen) atoms. The van der Waals surface area contributed by atoms with Crippen molar-refractivity contribution in [3.63, 3.8) is 0 Å². The minimum absolute atomic E-state index is 0.0474. The average molecular weight is 189 g/mol. The first kappa shape index (κ1) is 9.41. The molecule has 1 aromatic carbocycles. The summed E-state index contributed by atoms with van der Waals surface area (Å²) in [5.74, 6) is 0.241. The molecule has 0 radical (unpaired) electrons. The highest BCUT2D eigenvalue weighted by Gasteiger charge is 2.21. The summed E-state index contributed by atoms with van der Waals surface area (Å²) in [7, 11) is 0. The summed E-state index contributed by atoms with van der Waals surface area (Å²) in [4.78, 5) is 11.9. The lowest BCUT2D eigenvalue weighted by atomic mass is 9.96. The molecule has 0 amide bonds. The highest BCUT2D eigenvalue weighted by atomic mass is 16.1. The number of ketones is 1. The number of rotatable bonds is 2. The van der Waals surface area contributed by atoms with Crippen molar-refractivity contribution in [1.82, 2.24) is 5.32 Å². The van der Waals surface area contributed by atoms with Crippen molar-refractivity contribution in [2.75, 3.05) is 6.54 Å². The van der Waals surface area contributed by atoms with Gasteiger partial charge in [-0.15, -0.1) is 0 Å². The van der Waals surface area contributed by atoms with Gasteiger partial charge in [0.15, 0.2) is 5.78 Å². The molecule has 1 saturated heterocycles. The number of Topliss-reactive ketones (excluding diaryl/α,β-unsaturated/α-hetero) is 1. The van der Waals surface area contributed by atoms with Crippen molar-refractivity contribution in [2.24, 2.45) is 0 Å². The van der Waals surface area contributed by atoms with Gasteiger partial charge in [0.1, 0.15) is 0 Å². The van der Waals surface area contributed by atoms with Crippen LogP contribution in [-0.2, 0) is 0 Å². The van der Waals surface area contributed by atoms with Crippen LogP contribution >= 0.6 is 0 Å². The Morgan fingerprint density at radius 2 is 2.00 bits per heavy atom. The number of carbonyl (C=O) groups excluding carboxylic acids is 1. The molecule has 0 spiro atoms. The third kappa shape index (κ3) is 2.02. The lowest BCUT2D eigenvalue weighted by molar-refractivity contribution is 0.0927. The number of hydrogen-bond acceptors (Lipinski definition) is 2. The second-order valence-corrected chi connectivity index (χ2v) is 3.73. The Morgan fingerprint density at radius 1 is 1.21 bits per heavy atom. The molecule has 1 aromatic rings. The predicted octanol–water partition coefficient (Wildman–Crippen LogP) is 2.01. The maximum atomic E-state index is 11.9. The number of hydrogen-bond donors (Lipinski definition) is 1. The van der Waals surface area contributed by atoms with Crippen LogP contribution in [0.1, 0.15) is 29.6 Å². The van der Waals surface area contributed by atoms with Crippen LogP contribution in [0.15, 0.2) is 30.3 Å². The minimum atomic E-state index is 0.0474. The zero-order chi connectivity index (χ0) is 9.80. The van der Waals surface area contributed by atoms with Gasteiger partial charge in [0, 0.05) is 5.56 Å². The van der Waals surface area contributed by atoms with E-state index in [1.807, 2.05) is 30.3 Å². The molecular formula is C12H15NO. The van der Waals surface area contributed by atoms with Crippen LogP contribution in [0.25, 0.3) is 0 Å². The fraction of sp³-hybridized carbons (Fsp3) is 0.417. The highest BCUT2D eigenvalue weighted by Crippen LogP contribution is 2.12. The average Bonchev–Trinajstić information content (AvgIpc) is 2.30. The van der Waals surface area contributed by atoms with E-state index in [4.69, 9.17) is 0 Å². The van der Waals surface area contributed by atoms with Crippen LogP contribution in [0.5, 0.6) is 0 Å². The molecule has 0 saturated carbocycles. The van der Waals surface area contributed by atoms with E-state index in [1.54, 1.807) is 0 Å². The van der Waals surface area contributed by atoms with E-state index in [-0.39, 0.29) is 11.8 Å². The van der Waals surface area contributed by atoms with Crippen LogP contribution < -0.4 is 5.32 Å². The molecule has 0 aliphatic carbocycles. The Bertz CT molecular complexity index is 301. The highest BCUT2D eigenvalue weighted by molar-refractivity contribution is 6.00. The number of piperidine rings is 1. The number of benzene rings is 1. The molecule has 1 N–H and O–H groups in total. The first-order chi connectivity index (χ1) is 6.88. The van der Waals surface area contributed by atoms with Crippen LogP contribution in [0, 0.1) is 0 Å². The van der Waals surface area contributed by atoms with Gasteiger partial charge < -0.3 is 5.32 Å². The van der Waals surface area contributed by atoms with Crippen molar-refractivity contribution in [2.45, 2.75) is 25.3 Å². The molecule has 0 aromatic heterocycles. The van der Waals surface area contributed by atoms with Gasteiger partial charge in [0.25, 0.3) is 0 Å². The molecular weight excluding hydrogens is 174 g/mol. The smallest absolute Gasteiger partial charge is 0.179 e. The molecule has 1 atom stereocenters. The molecule has 74 valence electrons. The second-order valence-electron chi connectivity index (χ2n) is 3.73. The number of carbonyl (C=O) groups is 1. The van der Waals surface area contributed by atoms with E-state index in [9.17, 15) is 4.79 Å². The van der Waals surface area contributed by atoms with Gasteiger partial charge in [-0.05, 0) is 19.4 Å². The maximum absolute atomic E-state index is 11.9. The summed E-state index contributed by atoms with van der Waals surface area (Å²) in [6.07, 6.45) is 3.34. The molecule has 1 fully saturated rings. The van der Waals surface area contributed by atoms with Crippen molar-refractivity contribution >= 4 is 5.78 Å². The van der Waals surface area contributed by atoms with Crippen molar-refractivity contribution in [3.8, 4) is 0 Å². The van der Waals surface area contributed by atoms with Gasteiger partial charge in [0.2, 0.25) is 0 Å². The maximum Gasteiger partial charge on any atom is 0.179 e. The molecule has 1 aliphatic heterocycles. The molecule has 2 rings (SSSR count). The molecule has 1 heterocycles. The van der Waals surface area contributed by atoms with Crippen molar-refractivity contribution in [1.29, 1.82) is 0 Å². The van der Waals surface area contributed by atoms with Gasteiger partial charge in [-0.25, -0.2) is 0 Å². The Kier molecular flexibility index (Phi) is 2.94. The summed E-state index contributed by atoms with van der Waals surface area (Å²) in [5.41, 5.74) is 0.826. The summed E-state index contributed by atoms with van der Waals surface area (Å²) in [6, 6.07) is 9.58. The van der Waals surface area contributed by atoms with Gasteiger partial charge in [-0.3, -0.25) is 4.79 Å². The molecule has 0 unspecified atom stereocenters. The lowest BCUT2D eigenvalue weighted by Gasteiger charge is -2.22. The third-order valence-corrected chi connectivity index (χ3v) is 2.69. The Labute approximate surface area is 84.3 Å². The van der Waals surface area contributed by atoms with E-state index < -0.39 is 0 Å². The monoisotopic (exact) mass is 189 g/mol. The Balaban J connectivity index is 2.07. The standard InChI is InChI=1S/C12H15NO/c14-12(10-6-2-1-3-7-10)11-8-4-5-9-13-11/h1-3,6-7,11,13H,4-5,8-9H2/t11-/m0/s1. The quantitative estimate of drug-likeness (QED) is 0.721. The Hall–Kier alpha value is -1.15. The fourth-order valence-electron chi connectivity index (χ4n) is 1.88. The van der Waals surface area contributed by atoms with Crippen LogP contribution in [0.2, 0.25) is 0 Å². The zero-order valence-corrected chi connectivity index (χ0v) is 8.20. The van der Waals surface area contributed by atoms with Crippen LogP contribution in [-0.4, -0.2) is 18.4 Å². The second kappa shape index (κ2) is 4.38. The largest absolute Gasteiger partial charge is 0.307 e. The normalized spacial score (nSPS) is 21.9. The van der Waals surface area contributed by atoms with Gasteiger partial charge in [-0.2, -0.15) is 0 Å². The summed E-state index contributed by atoms with van der Waals surface area (Å²) >= 11 is 0. The molecule has 0 bridgehead atoms. The minimum Gasteiger partial charge on any atom is -0.307 e. The molecule has 2 nitrogen and oxygen atoms in total. The fourth-order valence-corrected chi connectivity index (χ4v) is 1.88. The molecule has 1 aliphatic rings. The first-order valence-electron chi connectivity index (χ1n) is 5.20. The van der Waals surface area contributed by atoms with E-state index in [2.05, 4.69) is 5.32 Å². The first-order valence-corrected chi connectivity index (χ1v) is 5.20. The predicted molar refractivity (Wildman–Crippen MR) is 56.4 cm³/mol. The van der Waals surface area contributed by atoms with Gasteiger partial charge in [0.05, 0.1) is 6.04 Å². The van der Waals surface area contributed by atoms with E-state index in [0.717, 1.165) is 24.9 Å². The van der Waals surface area contributed by atoms with Crippen molar-refractivity contribution in [3.05, 3.63) is 35.9 Å². The third-order valence-electron chi connectivity index (χ3n) is 2.69. The van der Waals surface area contributed by atoms with Crippen LogP contribution in [0.4, 0.5) is 0 Å². The summed E-state index contributed by atoms with van der Waals surface area (Å²) < 4.78 is 0. The van der Waals surface area contributed by atoms with E-state index >= 15 is 0 Å². The van der Waals surface area contributed by atoms with E-state index in [0.29, 0.717) is 0 Å². The Morgan fingerprint density at radius 3 is 2.64 bits per heavy atom. The van der Waals surface area contributed by atoms with E-state index in [1.165, 1.54) is 6.42 Å². The van der Waals surface area contributed by atoms with Crippen LogP contribution in [0.3, 0.4) is 0 Å².